The number of nitrogens with zero attached hydrogens (tertiary/aromatic N) is 1. The molecule has 3 heteroatoms. The fraction of sp³-hybridized carbons (Fsp3) is 0.667. The van der Waals surface area contributed by atoms with Crippen LogP contribution in [0.1, 0.15) is 13.3 Å². The minimum Gasteiger partial charge on any atom is -0.335 e. The van der Waals surface area contributed by atoms with Crippen molar-refractivity contribution in [3.8, 4) is 0 Å². The van der Waals surface area contributed by atoms with Gasteiger partial charge in [0, 0.05) is 12.6 Å². The lowest BCUT2D eigenvalue weighted by Crippen LogP contribution is -2.39. The van der Waals surface area contributed by atoms with Gasteiger partial charge in [0.15, 0.2) is 0 Å². The molecule has 1 amide bonds. The number of hydrogen-bond acceptors (Lipinski definition) is 2. The summed E-state index contributed by atoms with van der Waals surface area (Å²) in [5, 5.41) is 3.00. The van der Waals surface area contributed by atoms with Gasteiger partial charge in [0.1, 0.15) is 0 Å². The highest BCUT2D eigenvalue weighted by atomic mass is 16.2. The minimum atomic E-state index is 0.0207. The smallest absolute Gasteiger partial charge is 0.240 e. The van der Waals surface area contributed by atoms with Gasteiger partial charge in [-0.1, -0.05) is 6.08 Å². The molecule has 1 aliphatic heterocycles. The highest BCUT2D eigenvalue weighted by molar-refractivity contribution is 5.84. The Bertz CT molecular complexity index is 191. The minimum absolute atomic E-state index is 0.0207. The Balaban J connectivity index is 2.60. The van der Waals surface area contributed by atoms with E-state index < -0.39 is 0 Å². The molecule has 2 unspecified atom stereocenters. The van der Waals surface area contributed by atoms with Crippen LogP contribution < -0.4 is 5.32 Å². The lowest BCUT2D eigenvalue weighted by atomic mass is 10.2. The molecule has 1 aliphatic rings. The maximum absolute atomic E-state index is 11.6. The number of amides is 1. The van der Waals surface area contributed by atoms with E-state index in [2.05, 4.69) is 11.9 Å². The summed E-state index contributed by atoms with van der Waals surface area (Å²) >= 11 is 0. The largest absolute Gasteiger partial charge is 0.335 e. The second-order valence-corrected chi connectivity index (χ2v) is 3.14. The molecule has 0 aromatic heterocycles. The zero-order chi connectivity index (χ0) is 9.14. The van der Waals surface area contributed by atoms with Gasteiger partial charge in [-0.2, -0.15) is 0 Å². The molecule has 0 spiro atoms. The molecule has 0 aliphatic carbocycles. The van der Waals surface area contributed by atoms with Crippen molar-refractivity contribution in [1.82, 2.24) is 10.2 Å². The van der Waals surface area contributed by atoms with Crippen molar-refractivity contribution in [3.63, 3.8) is 0 Å². The van der Waals surface area contributed by atoms with Crippen molar-refractivity contribution in [2.24, 2.45) is 0 Å². The molecule has 3 nitrogen and oxygen atoms in total. The molecular weight excluding hydrogens is 152 g/mol. The van der Waals surface area contributed by atoms with E-state index >= 15 is 0 Å². The van der Waals surface area contributed by atoms with Crippen molar-refractivity contribution < 1.29 is 4.79 Å². The first kappa shape index (κ1) is 9.26. The van der Waals surface area contributed by atoms with Crippen LogP contribution in [0.25, 0.3) is 0 Å². The molecule has 1 saturated heterocycles. The maximum atomic E-state index is 11.6. The van der Waals surface area contributed by atoms with E-state index in [9.17, 15) is 4.79 Å². The summed E-state index contributed by atoms with van der Waals surface area (Å²) in [5.74, 6) is 0.199. The van der Waals surface area contributed by atoms with Gasteiger partial charge >= 0.3 is 0 Å². The number of likely N-dealkylation sites (tertiary alicyclic amines) is 1. The van der Waals surface area contributed by atoms with E-state index in [0.29, 0.717) is 0 Å². The summed E-state index contributed by atoms with van der Waals surface area (Å²) in [6, 6.07) is 0.184. The molecule has 0 bridgehead atoms. The van der Waals surface area contributed by atoms with Crippen LogP contribution in [0.15, 0.2) is 12.7 Å². The summed E-state index contributed by atoms with van der Waals surface area (Å²) in [7, 11) is 1.82. The molecular formula is C9H16N2O. The average molecular weight is 168 g/mol. The zero-order valence-electron chi connectivity index (χ0n) is 7.71. The molecule has 0 aromatic rings. The second kappa shape index (κ2) is 3.72. The van der Waals surface area contributed by atoms with E-state index in [1.807, 2.05) is 18.9 Å². The normalized spacial score (nSPS) is 26.0. The molecule has 2 atom stereocenters. The molecule has 1 heterocycles. The van der Waals surface area contributed by atoms with Gasteiger partial charge in [-0.3, -0.25) is 4.79 Å². The van der Waals surface area contributed by atoms with Gasteiger partial charge in [0.2, 0.25) is 5.91 Å². The number of carbonyl (C=O) groups is 1. The number of hydrogen-bond donors (Lipinski definition) is 1. The van der Waals surface area contributed by atoms with Crippen molar-refractivity contribution in [1.29, 1.82) is 0 Å². The Hall–Kier alpha value is -0.830. The third-order valence-corrected chi connectivity index (χ3v) is 2.42. The molecule has 68 valence electrons. The van der Waals surface area contributed by atoms with E-state index in [0.717, 1.165) is 13.0 Å². The van der Waals surface area contributed by atoms with Crippen molar-refractivity contribution in [2.75, 3.05) is 13.6 Å². The Labute approximate surface area is 73.4 Å². The second-order valence-electron chi connectivity index (χ2n) is 3.14. The van der Waals surface area contributed by atoms with Crippen LogP contribution in [0.2, 0.25) is 0 Å². The van der Waals surface area contributed by atoms with E-state index in [4.69, 9.17) is 0 Å². The fourth-order valence-electron chi connectivity index (χ4n) is 1.50. The summed E-state index contributed by atoms with van der Waals surface area (Å²) in [6.07, 6.45) is 2.71. The SMILES string of the molecule is C=CC(C)N1CCC(NC)C1=O. The van der Waals surface area contributed by atoms with Gasteiger partial charge in [-0.15, -0.1) is 6.58 Å². The van der Waals surface area contributed by atoms with Gasteiger partial charge in [0.05, 0.1) is 6.04 Å². The van der Waals surface area contributed by atoms with E-state index in [-0.39, 0.29) is 18.0 Å². The standard InChI is InChI=1S/C9H16N2O/c1-4-7(2)11-6-5-8(10-3)9(11)12/h4,7-8,10H,1,5-6H2,2-3H3. The van der Waals surface area contributed by atoms with Gasteiger partial charge in [-0.25, -0.2) is 0 Å². The van der Waals surface area contributed by atoms with Crippen LogP contribution >= 0.6 is 0 Å². The Morgan fingerprint density at radius 2 is 2.50 bits per heavy atom. The van der Waals surface area contributed by atoms with Crippen LogP contribution in [0.4, 0.5) is 0 Å². The van der Waals surface area contributed by atoms with Crippen LogP contribution in [-0.4, -0.2) is 36.5 Å². The summed E-state index contributed by atoms with van der Waals surface area (Å²) in [4.78, 5) is 13.4. The average Bonchev–Trinajstić information content (AvgIpc) is 2.45. The zero-order valence-corrected chi connectivity index (χ0v) is 7.71. The Kier molecular flexibility index (Phi) is 2.87. The van der Waals surface area contributed by atoms with Crippen LogP contribution in [0.5, 0.6) is 0 Å². The topological polar surface area (TPSA) is 32.3 Å². The number of rotatable bonds is 3. The number of likely N-dealkylation sites (N-methyl/N-ethyl adjacent to an activating group) is 1. The molecule has 1 N–H and O–H groups in total. The Morgan fingerprint density at radius 1 is 1.83 bits per heavy atom. The van der Waals surface area contributed by atoms with Gasteiger partial charge in [0.25, 0.3) is 0 Å². The summed E-state index contributed by atoms with van der Waals surface area (Å²) in [6.45, 7) is 6.51. The highest BCUT2D eigenvalue weighted by Gasteiger charge is 2.31. The van der Waals surface area contributed by atoms with E-state index in [1.165, 1.54) is 0 Å². The lowest BCUT2D eigenvalue weighted by molar-refractivity contribution is -0.130. The molecule has 1 rings (SSSR count). The molecule has 1 fully saturated rings. The first-order valence-corrected chi connectivity index (χ1v) is 4.31. The number of nitrogens with one attached hydrogen (secondary N) is 1. The van der Waals surface area contributed by atoms with Gasteiger partial charge in [-0.05, 0) is 20.4 Å². The Morgan fingerprint density at radius 3 is 2.92 bits per heavy atom. The first-order chi connectivity index (χ1) is 5.70. The molecule has 0 radical (unpaired) electrons. The molecule has 0 aromatic carbocycles. The maximum Gasteiger partial charge on any atom is 0.240 e. The first-order valence-electron chi connectivity index (χ1n) is 4.31. The van der Waals surface area contributed by atoms with Crippen LogP contribution in [-0.2, 0) is 4.79 Å². The quantitative estimate of drug-likeness (QED) is 0.618. The summed E-state index contributed by atoms with van der Waals surface area (Å²) in [5.41, 5.74) is 0. The van der Waals surface area contributed by atoms with Crippen molar-refractivity contribution >= 4 is 5.91 Å². The third-order valence-electron chi connectivity index (χ3n) is 2.42. The fourth-order valence-corrected chi connectivity index (χ4v) is 1.50. The highest BCUT2D eigenvalue weighted by Crippen LogP contribution is 2.14. The molecule has 0 saturated carbocycles. The van der Waals surface area contributed by atoms with Gasteiger partial charge < -0.3 is 10.2 Å². The monoisotopic (exact) mass is 168 g/mol. The van der Waals surface area contributed by atoms with E-state index in [1.54, 1.807) is 6.08 Å². The number of carbonyl (C=O) groups excluding carboxylic acids is 1. The predicted octanol–water partition coefficient (Wildman–Crippen LogP) is 0.381. The predicted molar refractivity (Wildman–Crippen MR) is 48.8 cm³/mol. The summed E-state index contributed by atoms with van der Waals surface area (Å²) < 4.78 is 0. The van der Waals surface area contributed by atoms with Crippen molar-refractivity contribution in [3.05, 3.63) is 12.7 Å². The lowest BCUT2D eigenvalue weighted by Gasteiger charge is -2.21. The van der Waals surface area contributed by atoms with Crippen LogP contribution in [0.3, 0.4) is 0 Å². The van der Waals surface area contributed by atoms with Crippen LogP contribution in [0, 0.1) is 0 Å². The molecule has 12 heavy (non-hydrogen) atoms. The third kappa shape index (κ3) is 1.50. The van der Waals surface area contributed by atoms with Crippen molar-refractivity contribution in [2.45, 2.75) is 25.4 Å².